The molecule has 0 saturated carbocycles. The number of aromatic hydroxyl groups is 1. The molecular formula is C23H34N4O6. The third kappa shape index (κ3) is 8.27. The average Bonchev–Trinajstić information content (AvgIpc) is 2.73. The van der Waals surface area contributed by atoms with Crippen molar-refractivity contribution in [3.05, 3.63) is 29.3 Å². The molecular weight excluding hydrogens is 428 g/mol. The van der Waals surface area contributed by atoms with E-state index in [4.69, 9.17) is 4.74 Å². The Morgan fingerprint density at radius 1 is 1.27 bits per heavy atom. The number of carbonyl (C=O) groups is 3. The quantitative estimate of drug-likeness (QED) is 0.306. The molecule has 0 aliphatic rings. The molecule has 1 aromatic carbocycles. The van der Waals surface area contributed by atoms with Gasteiger partial charge in [0, 0.05) is 12.1 Å². The standard InChI is InChI=1S/C23H34N4O6/c1-6-7-12-25-20(30)18(16-10-8-9-15(2)19(16)29)27(13-11-24)21(31)17(14-28)26-22(32)33-23(3,4)5/h8-10,17-18,28-29H,6-7,12-14H2,1-5H3,(H,25,30)(H,26,32). The summed E-state index contributed by atoms with van der Waals surface area (Å²) in [6.45, 7) is 7.54. The Balaban J connectivity index is 3.37. The number of unbranched alkanes of at least 4 members (excludes halogenated alkanes) is 1. The molecule has 2 unspecified atom stereocenters. The van der Waals surface area contributed by atoms with Crippen LogP contribution in [-0.2, 0) is 14.3 Å². The number of rotatable bonds is 10. The summed E-state index contributed by atoms with van der Waals surface area (Å²) in [6, 6.07) is 3.76. The van der Waals surface area contributed by atoms with E-state index in [9.17, 15) is 29.9 Å². The predicted molar refractivity (Wildman–Crippen MR) is 121 cm³/mol. The van der Waals surface area contributed by atoms with Gasteiger partial charge in [-0.15, -0.1) is 0 Å². The average molecular weight is 463 g/mol. The molecule has 10 nitrogen and oxygen atoms in total. The Bertz CT molecular complexity index is 875. The van der Waals surface area contributed by atoms with Gasteiger partial charge >= 0.3 is 6.09 Å². The highest BCUT2D eigenvalue weighted by molar-refractivity contribution is 5.92. The number of aryl methyl sites for hydroxylation is 1. The lowest BCUT2D eigenvalue weighted by Gasteiger charge is -2.32. The molecule has 3 amide bonds. The van der Waals surface area contributed by atoms with Gasteiger partial charge in [-0.1, -0.05) is 31.5 Å². The summed E-state index contributed by atoms with van der Waals surface area (Å²) in [7, 11) is 0. The number of phenolic OH excluding ortho intramolecular Hbond substituents is 1. The minimum atomic E-state index is -1.47. The minimum Gasteiger partial charge on any atom is -0.507 e. The molecule has 0 spiro atoms. The number of hydrogen-bond acceptors (Lipinski definition) is 7. The maximum Gasteiger partial charge on any atom is 0.408 e. The van der Waals surface area contributed by atoms with Gasteiger partial charge in [-0.3, -0.25) is 9.59 Å². The Labute approximate surface area is 194 Å². The van der Waals surface area contributed by atoms with Crippen LogP contribution in [0.1, 0.15) is 57.7 Å². The Kier molecular flexibility index (Phi) is 10.6. The molecule has 2 atom stereocenters. The molecule has 1 rings (SSSR count). The van der Waals surface area contributed by atoms with Gasteiger partial charge in [-0.05, 0) is 39.7 Å². The van der Waals surface area contributed by atoms with Gasteiger partial charge in [0.1, 0.15) is 30.0 Å². The highest BCUT2D eigenvalue weighted by atomic mass is 16.6. The van der Waals surface area contributed by atoms with Gasteiger partial charge in [-0.25, -0.2) is 4.79 Å². The lowest BCUT2D eigenvalue weighted by molar-refractivity contribution is -0.142. The molecule has 0 saturated heterocycles. The number of nitrogens with zero attached hydrogens (tertiary/aromatic N) is 2. The molecule has 0 bridgehead atoms. The molecule has 4 N–H and O–H groups in total. The largest absolute Gasteiger partial charge is 0.507 e. The van der Waals surface area contributed by atoms with E-state index in [-0.39, 0.29) is 11.3 Å². The second-order valence-electron chi connectivity index (χ2n) is 8.57. The van der Waals surface area contributed by atoms with Crippen LogP contribution in [0.25, 0.3) is 0 Å². The molecule has 182 valence electrons. The summed E-state index contributed by atoms with van der Waals surface area (Å²) < 4.78 is 5.14. The van der Waals surface area contributed by atoms with Crippen molar-refractivity contribution in [3.8, 4) is 11.8 Å². The number of amides is 3. The third-order valence-corrected chi connectivity index (χ3v) is 4.65. The van der Waals surface area contributed by atoms with Crippen molar-refractivity contribution in [2.75, 3.05) is 19.7 Å². The zero-order chi connectivity index (χ0) is 25.2. The lowest BCUT2D eigenvalue weighted by Crippen LogP contribution is -2.54. The summed E-state index contributed by atoms with van der Waals surface area (Å²) in [4.78, 5) is 39.5. The van der Waals surface area contributed by atoms with Crippen molar-refractivity contribution >= 4 is 17.9 Å². The van der Waals surface area contributed by atoms with Crippen LogP contribution in [-0.4, -0.2) is 64.4 Å². The Hall–Kier alpha value is -3.32. The number of aliphatic hydroxyl groups is 1. The van der Waals surface area contributed by atoms with E-state index in [1.807, 2.05) is 13.0 Å². The van der Waals surface area contributed by atoms with Gasteiger partial charge in [0.15, 0.2) is 0 Å². The molecule has 10 heteroatoms. The number of para-hydroxylation sites is 1. The fourth-order valence-electron chi connectivity index (χ4n) is 3.05. The van der Waals surface area contributed by atoms with Crippen LogP contribution in [0.3, 0.4) is 0 Å². The third-order valence-electron chi connectivity index (χ3n) is 4.65. The van der Waals surface area contributed by atoms with Crippen LogP contribution in [0.15, 0.2) is 18.2 Å². The monoisotopic (exact) mass is 462 g/mol. The fourth-order valence-corrected chi connectivity index (χ4v) is 3.05. The number of nitrogens with one attached hydrogen (secondary N) is 2. The molecule has 33 heavy (non-hydrogen) atoms. The number of carbonyl (C=O) groups excluding carboxylic acids is 3. The van der Waals surface area contributed by atoms with Crippen molar-refractivity contribution in [2.45, 2.75) is 65.1 Å². The van der Waals surface area contributed by atoms with Gasteiger partial charge in [-0.2, -0.15) is 5.26 Å². The number of benzene rings is 1. The maximum atomic E-state index is 13.3. The van der Waals surface area contributed by atoms with E-state index in [2.05, 4.69) is 10.6 Å². The van der Waals surface area contributed by atoms with Crippen molar-refractivity contribution < 1.29 is 29.3 Å². The van der Waals surface area contributed by atoms with E-state index in [0.29, 0.717) is 18.5 Å². The SMILES string of the molecule is CCCCNC(=O)C(c1cccc(C)c1O)N(CC#N)C(=O)C(CO)NC(=O)OC(C)(C)C. The van der Waals surface area contributed by atoms with Crippen molar-refractivity contribution in [1.82, 2.24) is 15.5 Å². The molecule has 0 aliphatic carbocycles. The highest BCUT2D eigenvalue weighted by Crippen LogP contribution is 2.32. The zero-order valence-corrected chi connectivity index (χ0v) is 19.8. The van der Waals surface area contributed by atoms with E-state index >= 15 is 0 Å². The van der Waals surface area contributed by atoms with Crippen molar-refractivity contribution in [2.24, 2.45) is 0 Å². The van der Waals surface area contributed by atoms with Gasteiger partial charge in [0.05, 0.1) is 12.7 Å². The summed E-state index contributed by atoms with van der Waals surface area (Å²) >= 11 is 0. The number of nitriles is 1. The van der Waals surface area contributed by atoms with E-state index < -0.39 is 48.7 Å². The van der Waals surface area contributed by atoms with Crippen LogP contribution >= 0.6 is 0 Å². The number of aliphatic hydroxyl groups excluding tert-OH is 1. The predicted octanol–water partition coefficient (Wildman–Crippen LogP) is 1.90. The Morgan fingerprint density at radius 2 is 1.94 bits per heavy atom. The lowest BCUT2D eigenvalue weighted by atomic mass is 9.99. The normalized spacial score (nSPS) is 12.8. The number of phenols is 1. The first-order chi connectivity index (χ1) is 15.5. The number of ether oxygens (including phenoxy) is 1. The Morgan fingerprint density at radius 3 is 2.48 bits per heavy atom. The maximum absolute atomic E-state index is 13.3. The summed E-state index contributed by atoms with van der Waals surface area (Å²) in [5.74, 6) is -1.66. The van der Waals surface area contributed by atoms with Crippen molar-refractivity contribution in [3.63, 3.8) is 0 Å². The first kappa shape index (κ1) is 27.7. The van der Waals surface area contributed by atoms with E-state index in [0.717, 1.165) is 11.3 Å². The topological polar surface area (TPSA) is 152 Å². The second-order valence-corrected chi connectivity index (χ2v) is 8.57. The van der Waals surface area contributed by atoms with Crippen LogP contribution in [0.2, 0.25) is 0 Å². The van der Waals surface area contributed by atoms with Gasteiger partial charge in [0.25, 0.3) is 0 Å². The highest BCUT2D eigenvalue weighted by Gasteiger charge is 2.37. The second kappa shape index (κ2) is 12.6. The van der Waals surface area contributed by atoms with Crippen LogP contribution in [0, 0.1) is 18.3 Å². The number of alkyl carbamates (subject to hydrolysis) is 1. The molecule has 0 aliphatic heterocycles. The smallest absolute Gasteiger partial charge is 0.408 e. The zero-order valence-electron chi connectivity index (χ0n) is 19.8. The minimum absolute atomic E-state index is 0.126. The summed E-state index contributed by atoms with van der Waals surface area (Å²) in [5.41, 5.74) is -0.232. The molecule has 1 aromatic rings. The number of hydrogen-bond donors (Lipinski definition) is 4. The fraction of sp³-hybridized carbons (Fsp3) is 0.565. The van der Waals surface area contributed by atoms with Crippen LogP contribution < -0.4 is 10.6 Å². The molecule has 0 fully saturated rings. The molecule has 0 radical (unpaired) electrons. The van der Waals surface area contributed by atoms with Crippen LogP contribution in [0.4, 0.5) is 4.79 Å². The first-order valence-corrected chi connectivity index (χ1v) is 10.8. The van der Waals surface area contributed by atoms with Crippen LogP contribution in [0.5, 0.6) is 5.75 Å². The van der Waals surface area contributed by atoms with Crippen molar-refractivity contribution in [1.29, 1.82) is 5.26 Å². The molecule has 0 aromatic heterocycles. The summed E-state index contributed by atoms with van der Waals surface area (Å²) in [6.07, 6.45) is 0.590. The first-order valence-electron chi connectivity index (χ1n) is 10.8. The molecule has 0 heterocycles. The van der Waals surface area contributed by atoms with Gasteiger partial charge < -0.3 is 30.5 Å². The summed E-state index contributed by atoms with van der Waals surface area (Å²) in [5, 5.41) is 34.8. The van der Waals surface area contributed by atoms with E-state index in [1.54, 1.807) is 39.8 Å². The van der Waals surface area contributed by atoms with Gasteiger partial charge in [0.2, 0.25) is 11.8 Å². The van der Waals surface area contributed by atoms with E-state index in [1.165, 1.54) is 6.07 Å².